The quantitative estimate of drug-likeness (QED) is 0.901. The van der Waals surface area contributed by atoms with Crippen LogP contribution in [0, 0.1) is 0 Å². The molecule has 1 fully saturated rings. The highest BCUT2D eigenvalue weighted by Crippen LogP contribution is 2.37. The monoisotopic (exact) mass is 330 g/mol. The molecular formula is C14H19BrO4. The van der Waals surface area contributed by atoms with Gasteiger partial charge in [-0.2, -0.15) is 0 Å². The Balaban J connectivity index is 2.06. The summed E-state index contributed by atoms with van der Waals surface area (Å²) in [6, 6.07) is 3.61. The first-order valence-electron chi connectivity index (χ1n) is 6.39. The highest BCUT2D eigenvalue weighted by Gasteiger charge is 2.23. The summed E-state index contributed by atoms with van der Waals surface area (Å²) in [5, 5.41) is 9.17. The maximum atomic E-state index is 9.17. The second-order valence-corrected chi connectivity index (χ2v) is 5.58. The first-order chi connectivity index (χ1) is 9.13. The lowest BCUT2D eigenvalue weighted by atomic mass is 10.2. The van der Waals surface area contributed by atoms with Crippen LogP contribution in [-0.4, -0.2) is 31.0 Å². The van der Waals surface area contributed by atoms with Gasteiger partial charge in [-0.25, -0.2) is 0 Å². The molecule has 2 rings (SSSR count). The lowest BCUT2D eigenvalue weighted by Gasteiger charge is -2.16. The van der Waals surface area contributed by atoms with E-state index in [9.17, 15) is 0 Å². The van der Waals surface area contributed by atoms with E-state index in [1.807, 2.05) is 6.07 Å². The largest absolute Gasteiger partial charge is 0.493 e. The number of rotatable bonds is 5. The van der Waals surface area contributed by atoms with Crippen LogP contribution in [-0.2, 0) is 11.3 Å². The molecule has 0 aliphatic carbocycles. The third kappa shape index (κ3) is 3.61. The molecule has 106 valence electrons. The minimum Gasteiger partial charge on any atom is -0.493 e. The third-order valence-corrected chi connectivity index (χ3v) is 3.79. The van der Waals surface area contributed by atoms with E-state index in [2.05, 4.69) is 22.9 Å². The number of hydrogen-bond acceptors (Lipinski definition) is 4. The van der Waals surface area contributed by atoms with Gasteiger partial charge in [0, 0.05) is 0 Å². The van der Waals surface area contributed by atoms with Gasteiger partial charge in [0.2, 0.25) is 0 Å². The Bertz CT molecular complexity index is 436. The molecule has 1 saturated heterocycles. The van der Waals surface area contributed by atoms with E-state index in [1.54, 1.807) is 13.2 Å². The van der Waals surface area contributed by atoms with Crippen LogP contribution in [0.5, 0.6) is 11.5 Å². The van der Waals surface area contributed by atoms with Gasteiger partial charge in [-0.05, 0) is 53.4 Å². The van der Waals surface area contributed by atoms with Gasteiger partial charge in [0.1, 0.15) is 6.61 Å². The molecule has 5 heteroatoms. The molecular weight excluding hydrogens is 312 g/mol. The molecule has 0 amide bonds. The predicted molar refractivity (Wildman–Crippen MR) is 75.7 cm³/mol. The Morgan fingerprint density at radius 1 is 1.42 bits per heavy atom. The van der Waals surface area contributed by atoms with Gasteiger partial charge in [0.15, 0.2) is 11.5 Å². The third-order valence-electron chi connectivity index (χ3n) is 3.21. The van der Waals surface area contributed by atoms with Gasteiger partial charge in [-0.15, -0.1) is 0 Å². The van der Waals surface area contributed by atoms with Gasteiger partial charge in [0.25, 0.3) is 0 Å². The topological polar surface area (TPSA) is 47.9 Å². The second-order valence-electron chi connectivity index (χ2n) is 4.72. The Morgan fingerprint density at radius 3 is 2.79 bits per heavy atom. The van der Waals surface area contributed by atoms with E-state index < -0.39 is 0 Å². The summed E-state index contributed by atoms with van der Waals surface area (Å²) in [7, 11) is 1.59. The van der Waals surface area contributed by atoms with Crippen LogP contribution in [0.2, 0.25) is 0 Å². The number of halogens is 1. The average molecular weight is 331 g/mol. The van der Waals surface area contributed by atoms with Crippen molar-refractivity contribution in [2.24, 2.45) is 0 Å². The molecule has 4 nitrogen and oxygen atoms in total. The second kappa shape index (κ2) is 6.59. The maximum Gasteiger partial charge on any atom is 0.175 e. The van der Waals surface area contributed by atoms with Gasteiger partial charge in [-0.3, -0.25) is 0 Å². The van der Waals surface area contributed by atoms with Gasteiger partial charge in [-0.1, -0.05) is 0 Å². The molecule has 0 radical (unpaired) electrons. The zero-order valence-corrected chi connectivity index (χ0v) is 12.8. The Hall–Kier alpha value is -0.780. The first kappa shape index (κ1) is 14.6. The molecule has 1 aliphatic rings. The molecule has 2 atom stereocenters. The van der Waals surface area contributed by atoms with Crippen molar-refractivity contribution in [1.29, 1.82) is 0 Å². The lowest BCUT2D eigenvalue weighted by Crippen LogP contribution is -2.18. The smallest absolute Gasteiger partial charge is 0.175 e. The molecule has 0 aromatic heterocycles. The summed E-state index contributed by atoms with van der Waals surface area (Å²) in [6.07, 6.45) is 2.56. The fourth-order valence-electron chi connectivity index (χ4n) is 2.19. The molecule has 1 N–H and O–H groups in total. The summed E-state index contributed by atoms with van der Waals surface area (Å²) in [5.41, 5.74) is 0.779. The van der Waals surface area contributed by atoms with Crippen molar-refractivity contribution >= 4 is 15.9 Å². The fourth-order valence-corrected chi connectivity index (χ4v) is 2.79. The molecule has 0 saturated carbocycles. The summed E-state index contributed by atoms with van der Waals surface area (Å²) in [5.74, 6) is 1.27. The molecule has 0 bridgehead atoms. The van der Waals surface area contributed by atoms with Crippen LogP contribution in [0.15, 0.2) is 16.6 Å². The van der Waals surface area contributed by atoms with Crippen LogP contribution < -0.4 is 9.47 Å². The van der Waals surface area contributed by atoms with Crippen molar-refractivity contribution in [3.63, 3.8) is 0 Å². The minimum absolute atomic E-state index is 0.0293. The van der Waals surface area contributed by atoms with Crippen LogP contribution >= 0.6 is 15.9 Å². The SMILES string of the molecule is COc1cc(CO)cc(Br)c1OCC1CCC(C)O1. The van der Waals surface area contributed by atoms with Gasteiger partial charge < -0.3 is 19.3 Å². The van der Waals surface area contributed by atoms with Crippen molar-refractivity contribution in [1.82, 2.24) is 0 Å². The molecule has 1 aromatic carbocycles. The number of aliphatic hydroxyl groups is 1. The van der Waals surface area contributed by atoms with Crippen LogP contribution in [0.1, 0.15) is 25.3 Å². The minimum atomic E-state index is -0.0293. The predicted octanol–water partition coefficient (Wildman–Crippen LogP) is 2.90. The number of ether oxygens (including phenoxy) is 3. The van der Waals surface area contributed by atoms with Crippen molar-refractivity contribution in [2.75, 3.05) is 13.7 Å². The fraction of sp³-hybridized carbons (Fsp3) is 0.571. The number of aliphatic hydroxyl groups excluding tert-OH is 1. The van der Waals surface area contributed by atoms with Crippen molar-refractivity contribution in [3.8, 4) is 11.5 Å². The Morgan fingerprint density at radius 2 is 2.21 bits per heavy atom. The molecule has 1 aliphatic heterocycles. The Labute approximate surface area is 121 Å². The van der Waals surface area contributed by atoms with Crippen molar-refractivity contribution in [2.45, 2.75) is 38.6 Å². The van der Waals surface area contributed by atoms with Crippen molar-refractivity contribution < 1.29 is 19.3 Å². The maximum absolute atomic E-state index is 9.17. The molecule has 1 aromatic rings. The number of benzene rings is 1. The Kier molecular flexibility index (Phi) is 5.07. The van der Waals surface area contributed by atoms with Crippen LogP contribution in [0.4, 0.5) is 0 Å². The van der Waals surface area contributed by atoms with Crippen LogP contribution in [0.25, 0.3) is 0 Å². The van der Waals surface area contributed by atoms with E-state index in [0.717, 1.165) is 22.9 Å². The molecule has 1 heterocycles. The number of hydrogen-bond donors (Lipinski definition) is 1. The highest BCUT2D eigenvalue weighted by molar-refractivity contribution is 9.10. The van der Waals surface area contributed by atoms with Gasteiger partial charge in [0.05, 0.1) is 30.4 Å². The van der Waals surface area contributed by atoms with E-state index in [4.69, 9.17) is 19.3 Å². The molecule has 19 heavy (non-hydrogen) atoms. The molecule has 2 unspecified atom stereocenters. The van der Waals surface area contributed by atoms with E-state index in [0.29, 0.717) is 24.2 Å². The summed E-state index contributed by atoms with van der Waals surface area (Å²) in [6.45, 7) is 2.56. The summed E-state index contributed by atoms with van der Waals surface area (Å²) >= 11 is 3.44. The summed E-state index contributed by atoms with van der Waals surface area (Å²) < 4.78 is 17.6. The standard InChI is InChI=1S/C14H19BrO4/c1-9-3-4-11(19-9)8-18-14-12(15)5-10(7-16)6-13(14)17-2/h5-6,9,11,16H,3-4,7-8H2,1-2H3. The van der Waals surface area contributed by atoms with E-state index in [1.165, 1.54) is 0 Å². The molecule has 0 spiro atoms. The normalized spacial score (nSPS) is 22.5. The van der Waals surface area contributed by atoms with Gasteiger partial charge >= 0.3 is 0 Å². The average Bonchev–Trinajstić information content (AvgIpc) is 2.82. The van der Waals surface area contributed by atoms with Crippen LogP contribution in [0.3, 0.4) is 0 Å². The first-order valence-corrected chi connectivity index (χ1v) is 7.19. The van der Waals surface area contributed by atoms with Crippen molar-refractivity contribution in [3.05, 3.63) is 22.2 Å². The van der Waals surface area contributed by atoms with E-state index >= 15 is 0 Å². The lowest BCUT2D eigenvalue weighted by molar-refractivity contribution is 0.0257. The van der Waals surface area contributed by atoms with E-state index in [-0.39, 0.29) is 12.7 Å². The zero-order chi connectivity index (χ0) is 13.8. The highest BCUT2D eigenvalue weighted by atomic mass is 79.9. The zero-order valence-electron chi connectivity index (χ0n) is 11.2. The summed E-state index contributed by atoms with van der Waals surface area (Å²) in [4.78, 5) is 0. The number of methoxy groups -OCH3 is 1.